The summed E-state index contributed by atoms with van der Waals surface area (Å²) in [6.07, 6.45) is 1.05. The molecule has 0 amide bonds. The Labute approximate surface area is 131 Å². The number of hydrogen-bond acceptors (Lipinski definition) is 4. The minimum Gasteiger partial charge on any atom is -0.497 e. The molecule has 22 heavy (non-hydrogen) atoms. The van der Waals surface area contributed by atoms with Crippen molar-refractivity contribution in [3.05, 3.63) is 54.1 Å². The SMILES string of the molecule is COc1ccc(Oc2ccccc2CC2CNCCO2)cc1. The molecule has 1 aliphatic rings. The van der Waals surface area contributed by atoms with Gasteiger partial charge in [0.15, 0.2) is 0 Å². The summed E-state index contributed by atoms with van der Waals surface area (Å²) >= 11 is 0. The van der Waals surface area contributed by atoms with Crippen LogP contribution >= 0.6 is 0 Å². The van der Waals surface area contributed by atoms with Gasteiger partial charge in [-0.3, -0.25) is 0 Å². The number of benzene rings is 2. The Hall–Kier alpha value is -2.04. The fourth-order valence-corrected chi connectivity index (χ4v) is 2.54. The molecule has 4 nitrogen and oxygen atoms in total. The van der Waals surface area contributed by atoms with E-state index in [1.165, 1.54) is 0 Å². The topological polar surface area (TPSA) is 39.7 Å². The maximum absolute atomic E-state index is 6.02. The predicted molar refractivity (Wildman–Crippen MR) is 85.8 cm³/mol. The van der Waals surface area contributed by atoms with Gasteiger partial charge in [-0.15, -0.1) is 0 Å². The lowest BCUT2D eigenvalue weighted by molar-refractivity contribution is 0.0289. The second kappa shape index (κ2) is 7.29. The van der Waals surface area contributed by atoms with Gasteiger partial charge in [-0.2, -0.15) is 0 Å². The van der Waals surface area contributed by atoms with E-state index in [1.807, 2.05) is 42.5 Å². The van der Waals surface area contributed by atoms with Gasteiger partial charge in [0.2, 0.25) is 0 Å². The number of ether oxygens (including phenoxy) is 3. The maximum Gasteiger partial charge on any atom is 0.130 e. The molecule has 2 aromatic carbocycles. The van der Waals surface area contributed by atoms with E-state index < -0.39 is 0 Å². The van der Waals surface area contributed by atoms with Crippen LogP contribution in [-0.4, -0.2) is 32.9 Å². The van der Waals surface area contributed by atoms with Crippen molar-refractivity contribution in [2.75, 3.05) is 26.8 Å². The van der Waals surface area contributed by atoms with E-state index in [1.54, 1.807) is 7.11 Å². The zero-order valence-corrected chi connectivity index (χ0v) is 12.7. The molecule has 0 aliphatic carbocycles. The van der Waals surface area contributed by atoms with Crippen molar-refractivity contribution in [1.82, 2.24) is 5.32 Å². The first-order valence-corrected chi connectivity index (χ1v) is 7.57. The Kier molecular flexibility index (Phi) is 4.93. The lowest BCUT2D eigenvalue weighted by Gasteiger charge is -2.24. The third-order valence-electron chi connectivity index (χ3n) is 3.71. The molecule has 0 bridgehead atoms. The Morgan fingerprint density at radius 2 is 1.86 bits per heavy atom. The van der Waals surface area contributed by atoms with Crippen LogP contribution in [0, 0.1) is 0 Å². The maximum atomic E-state index is 6.02. The molecule has 2 aromatic rings. The summed E-state index contributed by atoms with van der Waals surface area (Å²) in [6.45, 7) is 2.59. The first kappa shape index (κ1) is 14.9. The van der Waals surface area contributed by atoms with Crippen LogP contribution in [0.3, 0.4) is 0 Å². The lowest BCUT2D eigenvalue weighted by atomic mass is 10.1. The first-order valence-electron chi connectivity index (χ1n) is 7.57. The monoisotopic (exact) mass is 299 g/mol. The number of morpholine rings is 1. The number of hydrogen-bond donors (Lipinski definition) is 1. The van der Waals surface area contributed by atoms with Crippen LogP contribution in [0.5, 0.6) is 17.2 Å². The van der Waals surface area contributed by atoms with E-state index in [2.05, 4.69) is 11.4 Å². The summed E-state index contributed by atoms with van der Waals surface area (Å²) in [4.78, 5) is 0. The zero-order valence-electron chi connectivity index (χ0n) is 12.7. The summed E-state index contributed by atoms with van der Waals surface area (Å²) in [5.74, 6) is 2.50. The van der Waals surface area contributed by atoms with Gasteiger partial charge in [0, 0.05) is 19.5 Å². The minimum absolute atomic E-state index is 0.203. The Bertz CT molecular complexity index is 592. The highest BCUT2D eigenvalue weighted by molar-refractivity contribution is 5.39. The van der Waals surface area contributed by atoms with Gasteiger partial charge in [-0.05, 0) is 35.9 Å². The molecule has 0 saturated carbocycles. The van der Waals surface area contributed by atoms with Gasteiger partial charge in [-0.25, -0.2) is 0 Å². The molecule has 0 aromatic heterocycles. The molecular weight excluding hydrogens is 278 g/mol. The molecular formula is C18H21NO3. The van der Waals surface area contributed by atoms with Crippen LogP contribution in [0.25, 0.3) is 0 Å². The molecule has 4 heteroatoms. The number of rotatable bonds is 5. The molecule has 1 fully saturated rings. The van der Waals surface area contributed by atoms with Crippen LogP contribution in [0.1, 0.15) is 5.56 Å². The molecule has 1 N–H and O–H groups in total. The third kappa shape index (κ3) is 3.78. The quantitative estimate of drug-likeness (QED) is 0.921. The molecule has 1 atom stereocenters. The normalized spacial score (nSPS) is 18.0. The summed E-state index contributed by atoms with van der Waals surface area (Å²) in [7, 11) is 1.66. The van der Waals surface area contributed by atoms with Gasteiger partial charge in [0.1, 0.15) is 17.2 Å². The molecule has 1 unspecified atom stereocenters. The third-order valence-corrected chi connectivity index (χ3v) is 3.71. The highest BCUT2D eigenvalue weighted by Crippen LogP contribution is 2.28. The molecule has 0 spiro atoms. The molecule has 1 heterocycles. The standard InChI is InChI=1S/C18H21NO3/c1-20-15-6-8-16(9-7-15)22-18-5-3-2-4-14(18)12-17-13-19-10-11-21-17/h2-9,17,19H,10-13H2,1H3. The van der Waals surface area contributed by atoms with E-state index in [-0.39, 0.29) is 6.10 Å². The summed E-state index contributed by atoms with van der Waals surface area (Å²) in [5.41, 5.74) is 1.16. The van der Waals surface area contributed by atoms with Crippen molar-refractivity contribution in [1.29, 1.82) is 0 Å². The fraction of sp³-hybridized carbons (Fsp3) is 0.333. The Morgan fingerprint density at radius 3 is 2.59 bits per heavy atom. The average molecular weight is 299 g/mol. The van der Waals surface area contributed by atoms with E-state index in [9.17, 15) is 0 Å². The highest BCUT2D eigenvalue weighted by atomic mass is 16.5. The van der Waals surface area contributed by atoms with Crippen molar-refractivity contribution in [2.45, 2.75) is 12.5 Å². The van der Waals surface area contributed by atoms with Gasteiger partial charge < -0.3 is 19.5 Å². The lowest BCUT2D eigenvalue weighted by Crippen LogP contribution is -2.39. The van der Waals surface area contributed by atoms with Crippen molar-refractivity contribution in [2.24, 2.45) is 0 Å². The van der Waals surface area contributed by atoms with E-state index >= 15 is 0 Å². The summed E-state index contributed by atoms with van der Waals surface area (Å²) in [5, 5.41) is 3.36. The van der Waals surface area contributed by atoms with E-state index in [0.717, 1.165) is 48.9 Å². The van der Waals surface area contributed by atoms with E-state index in [4.69, 9.17) is 14.2 Å². The highest BCUT2D eigenvalue weighted by Gasteiger charge is 2.16. The Morgan fingerprint density at radius 1 is 1.09 bits per heavy atom. The summed E-state index contributed by atoms with van der Waals surface area (Å²) in [6, 6.07) is 15.7. The van der Waals surface area contributed by atoms with Crippen LogP contribution in [0.15, 0.2) is 48.5 Å². The molecule has 1 saturated heterocycles. The van der Waals surface area contributed by atoms with Crippen molar-refractivity contribution < 1.29 is 14.2 Å². The van der Waals surface area contributed by atoms with Gasteiger partial charge in [0.25, 0.3) is 0 Å². The molecule has 3 rings (SSSR count). The number of methoxy groups -OCH3 is 1. The van der Waals surface area contributed by atoms with Crippen LogP contribution < -0.4 is 14.8 Å². The smallest absolute Gasteiger partial charge is 0.130 e. The largest absolute Gasteiger partial charge is 0.497 e. The Balaban J connectivity index is 1.72. The van der Waals surface area contributed by atoms with Crippen LogP contribution in [-0.2, 0) is 11.2 Å². The molecule has 0 radical (unpaired) electrons. The predicted octanol–water partition coefficient (Wildman–Crippen LogP) is 3.02. The van der Waals surface area contributed by atoms with Crippen molar-refractivity contribution >= 4 is 0 Å². The molecule has 116 valence electrons. The summed E-state index contributed by atoms with van der Waals surface area (Å²) < 4.78 is 17.0. The first-order chi connectivity index (χ1) is 10.8. The van der Waals surface area contributed by atoms with Crippen LogP contribution in [0.2, 0.25) is 0 Å². The van der Waals surface area contributed by atoms with E-state index in [0.29, 0.717) is 0 Å². The molecule has 1 aliphatic heterocycles. The van der Waals surface area contributed by atoms with Gasteiger partial charge in [-0.1, -0.05) is 18.2 Å². The van der Waals surface area contributed by atoms with Gasteiger partial charge >= 0.3 is 0 Å². The average Bonchev–Trinajstić information content (AvgIpc) is 2.58. The zero-order chi connectivity index (χ0) is 15.2. The van der Waals surface area contributed by atoms with Crippen molar-refractivity contribution in [3.63, 3.8) is 0 Å². The second-order valence-corrected chi connectivity index (χ2v) is 5.29. The van der Waals surface area contributed by atoms with Crippen molar-refractivity contribution in [3.8, 4) is 17.2 Å². The second-order valence-electron chi connectivity index (χ2n) is 5.29. The van der Waals surface area contributed by atoms with Crippen LogP contribution in [0.4, 0.5) is 0 Å². The number of para-hydroxylation sites is 1. The van der Waals surface area contributed by atoms with Gasteiger partial charge in [0.05, 0.1) is 19.8 Å². The fourth-order valence-electron chi connectivity index (χ4n) is 2.54. The number of nitrogens with one attached hydrogen (secondary N) is 1. The minimum atomic E-state index is 0.203.